The van der Waals surface area contributed by atoms with E-state index in [0.717, 1.165) is 24.4 Å². The van der Waals surface area contributed by atoms with E-state index < -0.39 is 0 Å². The highest BCUT2D eigenvalue weighted by Gasteiger charge is 2.32. The normalized spacial score (nSPS) is 30.6. The summed E-state index contributed by atoms with van der Waals surface area (Å²) in [6, 6.07) is 0.727. The molecular weight excluding hydrogens is 232 g/mol. The van der Waals surface area contributed by atoms with Crippen molar-refractivity contribution in [3.05, 3.63) is 0 Å². The smallest absolute Gasteiger partial charge is 0.00967 e. The Morgan fingerprint density at radius 1 is 1.05 bits per heavy atom. The van der Waals surface area contributed by atoms with Gasteiger partial charge in [0.1, 0.15) is 0 Å². The molecule has 3 atom stereocenters. The first-order valence-electron chi connectivity index (χ1n) is 7.99. The lowest BCUT2D eigenvalue weighted by Gasteiger charge is -2.45. The fourth-order valence-corrected chi connectivity index (χ4v) is 3.15. The molecule has 0 aromatic rings. The van der Waals surface area contributed by atoms with Crippen LogP contribution in [0.3, 0.4) is 0 Å². The maximum atomic E-state index is 3.66. The van der Waals surface area contributed by atoms with Gasteiger partial charge in [0.25, 0.3) is 0 Å². The minimum atomic E-state index is 0.214. The first-order valence-corrected chi connectivity index (χ1v) is 7.99. The van der Waals surface area contributed by atoms with Crippen LogP contribution in [-0.4, -0.2) is 36.1 Å². The predicted octanol–water partition coefficient (Wildman–Crippen LogP) is 3.77. The summed E-state index contributed by atoms with van der Waals surface area (Å²) in [5, 5.41) is 3.66. The average Bonchev–Trinajstić information content (AvgIpc) is 2.21. The van der Waals surface area contributed by atoms with Gasteiger partial charge in [0.15, 0.2) is 0 Å². The fraction of sp³-hybridized carbons (Fsp3) is 1.00. The van der Waals surface area contributed by atoms with Crippen molar-refractivity contribution in [3.8, 4) is 0 Å². The van der Waals surface area contributed by atoms with Crippen molar-refractivity contribution in [1.82, 2.24) is 10.2 Å². The first-order chi connectivity index (χ1) is 8.50. The van der Waals surface area contributed by atoms with Crippen LogP contribution < -0.4 is 5.32 Å². The summed E-state index contributed by atoms with van der Waals surface area (Å²) >= 11 is 0. The summed E-state index contributed by atoms with van der Waals surface area (Å²) in [6.07, 6.45) is 1.39. The monoisotopic (exact) mass is 268 g/mol. The molecule has 0 radical (unpaired) electrons. The molecule has 114 valence electrons. The number of nitrogens with one attached hydrogen (secondary N) is 1. The third kappa shape index (κ3) is 5.83. The van der Waals surface area contributed by atoms with E-state index in [2.05, 4.69) is 65.6 Å². The Bertz CT molecular complexity index is 277. The summed E-state index contributed by atoms with van der Waals surface area (Å²) in [7, 11) is 0. The summed E-state index contributed by atoms with van der Waals surface area (Å²) < 4.78 is 0. The number of piperidine rings is 1. The molecule has 0 aromatic carbocycles. The molecule has 2 heteroatoms. The van der Waals surface area contributed by atoms with Gasteiger partial charge < -0.3 is 5.32 Å². The van der Waals surface area contributed by atoms with E-state index in [9.17, 15) is 0 Å². The maximum absolute atomic E-state index is 3.66. The van der Waals surface area contributed by atoms with Gasteiger partial charge in [0, 0.05) is 31.2 Å². The molecule has 1 rings (SSSR count). The molecule has 0 saturated carbocycles. The standard InChI is InChI=1S/C17H36N2/c1-13-9-14(2)15(3)19(10-13)12-17(7,8)11-18-16(4,5)6/h13-15,18H,9-12H2,1-8H3. The molecule has 0 spiro atoms. The molecule has 1 saturated heterocycles. The number of hydrogen-bond acceptors (Lipinski definition) is 2. The van der Waals surface area contributed by atoms with E-state index in [1.165, 1.54) is 19.5 Å². The Hall–Kier alpha value is -0.0800. The molecule has 1 heterocycles. The van der Waals surface area contributed by atoms with Crippen molar-refractivity contribution in [3.63, 3.8) is 0 Å². The van der Waals surface area contributed by atoms with Gasteiger partial charge in [-0.1, -0.05) is 27.7 Å². The van der Waals surface area contributed by atoms with Gasteiger partial charge in [-0.25, -0.2) is 0 Å². The lowest BCUT2D eigenvalue weighted by molar-refractivity contribution is 0.0444. The number of likely N-dealkylation sites (tertiary alicyclic amines) is 1. The SMILES string of the molecule is CC1CC(C)C(C)N(CC(C)(C)CNC(C)(C)C)C1. The van der Waals surface area contributed by atoms with E-state index in [1.54, 1.807) is 0 Å². The van der Waals surface area contributed by atoms with Crippen molar-refractivity contribution in [1.29, 1.82) is 0 Å². The summed E-state index contributed by atoms with van der Waals surface area (Å²) in [5.74, 6) is 1.67. The molecule has 0 aliphatic carbocycles. The Kier molecular flexibility index (Phi) is 5.48. The lowest BCUT2D eigenvalue weighted by atomic mass is 9.83. The molecule has 1 aliphatic heterocycles. The van der Waals surface area contributed by atoms with E-state index >= 15 is 0 Å². The highest BCUT2D eigenvalue weighted by molar-refractivity contribution is 4.87. The lowest BCUT2D eigenvalue weighted by Crippen LogP contribution is -2.52. The van der Waals surface area contributed by atoms with E-state index in [0.29, 0.717) is 5.41 Å². The number of hydrogen-bond donors (Lipinski definition) is 1. The Morgan fingerprint density at radius 3 is 2.16 bits per heavy atom. The highest BCUT2D eigenvalue weighted by Crippen LogP contribution is 2.29. The maximum Gasteiger partial charge on any atom is 0.00967 e. The van der Waals surface area contributed by atoms with Crippen molar-refractivity contribution < 1.29 is 0 Å². The highest BCUT2D eigenvalue weighted by atomic mass is 15.2. The van der Waals surface area contributed by atoms with Gasteiger partial charge in [0.05, 0.1) is 0 Å². The Balaban J connectivity index is 2.56. The first kappa shape index (κ1) is 17.0. The largest absolute Gasteiger partial charge is 0.311 e. The quantitative estimate of drug-likeness (QED) is 0.835. The molecule has 1 fully saturated rings. The van der Waals surface area contributed by atoms with Crippen molar-refractivity contribution in [2.75, 3.05) is 19.6 Å². The van der Waals surface area contributed by atoms with E-state index in [-0.39, 0.29) is 5.54 Å². The number of nitrogens with zero attached hydrogens (tertiary/aromatic N) is 1. The molecular formula is C17H36N2. The molecule has 3 unspecified atom stereocenters. The second kappa shape index (κ2) is 6.13. The van der Waals surface area contributed by atoms with Crippen LogP contribution >= 0.6 is 0 Å². The third-order valence-corrected chi connectivity index (χ3v) is 4.45. The van der Waals surface area contributed by atoms with Crippen LogP contribution in [0.15, 0.2) is 0 Å². The zero-order chi connectivity index (χ0) is 14.8. The summed E-state index contributed by atoms with van der Waals surface area (Å²) in [6.45, 7) is 22.3. The van der Waals surface area contributed by atoms with Crippen LogP contribution in [0, 0.1) is 17.3 Å². The Labute approximate surface area is 121 Å². The van der Waals surface area contributed by atoms with Gasteiger partial charge in [-0.3, -0.25) is 4.90 Å². The van der Waals surface area contributed by atoms with E-state index in [4.69, 9.17) is 0 Å². The zero-order valence-corrected chi connectivity index (χ0v) is 14.5. The van der Waals surface area contributed by atoms with Crippen molar-refractivity contribution in [2.45, 2.75) is 73.4 Å². The van der Waals surface area contributed by atoms with Gasteiger partial charge >= 0.3 is 0 Å². The average molecular weight is 268 g/mol. The van der Waals surface area contributed by atoms with E-state index in [1.807, 2.05) is 0 Å². The van der Waals surface area contributed by atoms with Crippen LogP contribution in [0.4, 0.5) is 0 Å². The molecule has 0 amide bonds. The molecule has 0 bridgehead atoms. The van der Waals surface area contributed by atoms with Gasteiger partial charge in [-0.05, 0) is 51.4 Å². The molecule has 0 aromatic heterocycles. The van der Waals surface area contributed by atoms with Crippen LogP contribution in [0.5, 0.6) is 0 Å². The topological polar surface area (TPSA) is 15.3 Å². The van der Waals surface area contributed by atoms with Crippen LogP contribution in [0.1, 0.15) is 61.8 Å². The fourth-order valence-electron chi connectivity index (χ4n) is 3.15. The zero-order valence-electron chi connectivity index (χ0n) is 14.5. The number of rotatable bonds is 4. The molecule has 2 nitrogen and oxygen atoms in total. The van der Waals surface area contributed by atoms with Gasteiger partial charge in [-0.2, -0.15) is 0 Å². The van der Waals surface area contributed by atoms with Gasteiger partial charge in [0.2, 0.25) is 0 Å². The molecule has 19 heavy (non-hydrogen) atoms. The third-order valence-electron chi connectivity index (χ3n) is 4.45. The summed E-state index contributed by atoms with van der Waals surface area (Å²) in [4.78, 5) is 2.71. The minimum absolute atomic E-state index is 0.214. The summed E-state index contributed by atoms with van der Waals surface area (Å²) in [5.41, 5.74) is 0.545. The second-order valence-corrected chi connectivity index (χ2v) is 8.76. The predicted molar refractivity (Wildman–Crippen MR) is 85.5 cm³/mol. The van der Waals surface area contributed by atoms with Crippen LogP contribution in [0.2, 0.25) is 0 Å². The molecule has 1 aliphatic rings. The van der Waals surface area contributed by atoms with Crippen LogP contribution in [0.25, 0.3) is 0 Å². The Morgan fingerprint density at radius 2 is 1.63 bits per heavy atom. The van der Waals surface area contributed by atoms with Crippen molar-refractivity contribution >= 4 is 0 Å². The van der Waals surface area contributed by atoms with Gasteiger partial charge in [-0.15, -0.1) is 0 Å². The second-order valence-electron chi connectivity index (χ2n) is 8.76. The van der Waals surface area contributed by atoms with Crippen molar-refractivity contribution in [2.24, 2.45) is 17.3 Å². The molecule has 1 N–H and O–H groups in total. The van der Waals surface area contributed by atoms with Crippen LogP contribution in [-0.2, 0) is 0 Å². The minimum Gasteiger partial charge on any atom is -0.311 e.